The van der Waals surface area contributed by atoms with Crippen molar-refractivity contribution in [1.82, 2.24) is 9.13 Å². The molecule has 0 spiro atoms. The maximum absolute atomic E-state index is 14.9. The number of rotatable bonds is 5. The second kappa shape index (κ2) is 9.66. The van der Waals surface area contributed by atoms with E-state index in [2.05, 4.69) is 0 Å². The Morgan fingerprint density at radius 3 is 2.37 bits per heavy atom. The Bertz CT molecular complexity index is 1520. The van der Waals surface area contributed by atoms with Crippen molar-refractivity contribution in [2.24, 2.45) is 5.73 Å². The number of fused-ring (bicyclic) bond motifs is 1. The van der Waals surface area contributed by atoms with E-state index in [4.69, 9.17) is 28.9 Å². The minimum atomic E-state index is -0.697. The summed E-state index contributed by atoms with van der Waals surface area (Å²) in [6, 6.07) is 19.3. The molecule has 178 valence electrons. The number of nitrogens with zero attached hydrogens (tertiary/aromatic N) is 2. The van der Waals surface area contributed by atoms with Crippen molar-refractivity contribution >= 4 is 35.0 Å². The molecule has 0 fully saturated rings. The quantitative estimate of drug-likeness (QED) is 0.347. The third kappa shape index (κ3) is 4.23. The van der Waals surface area contributed by atoms with E-state index < -0.39 is 29.1 Å². The van der Waals surface area contributed by atoms with E-state index in [9.17, 15) is 14.0 Å². The van der Waals surface area contributed by atoms with Gasteiger partial charge in [-0.25, -0.2) is 9.18 Å². The first-order chi connectivity index (χ1) is 16.9. The minimum absolute atomic E-state index is 0.0538. The number of nitrogens with two attached hydrogens (primary N) is 1. The summed E-state index contributed by atoms with van der Waals surface area (Å²) in [5.41, 5.74) is 7.12. The molecular weight excluding hydrogens is 508 g/mol. The lowest BCUT2D eigenvalue weighted by Crippen LogP contribution is -2.44. The summed E-state index contributed by atoms with van der Waals surface area (Å²) in [5.74, 6) is -0.178. The van der Waals surface area contributed by atoms with E-state index in [0.29, 0.717) is 21.4 Å². The van der Waals surface area contributed by atoms with Gasteiger partial charge in [-0.15, -0.1) is 11.8 Å². The van der Waals surface area contributed by atoms with E-state index in [1.54, 1.807) is 30.3 Å². The fourth-order valence-corrected chi connectivity index (χ4v) is 6.24. The Morgan fingerprint density at radius 2 is 1.66 bits per heavy atom. The van der Waals surface area contributed by atoms with Crippen LogP contribution in [0.2, 0.25) is 10.0 Å². The lowest BCUT2D eigenvalue weighted by molar-refractivity contribution is 0.468. The van der Waals surface area contributed by atoms with Crippen LogP contribution in [0.3, 0.4) is 0 Å². The van der Waals surface area contributed by atoms with Gasteiger partial charge in [0.05, 0.1) is 23.2 Å². The van der Waals surface area contributed by atoms with Gasteiger partial charge >= 0.3 is 5.69 Å². The molecule has 2 atom stereocenters. The maximum atomic E-state index is 14.9. The van der Waals surface area contributed by atoms with Crippen LogP contribution in [0.15, 0.2) is 87.4 Å². The Balaban J connectivity index is 1.77. The van der Waals surface area contributed by atoms with E-state index in [1.165, 1.54) is 28.5 Å². The number of hydrogen-bond acceptors (Lipinski definition) is 4. The van der Waals surface area contributed by atoms with Gasteiger partial charge in [-0.2, -0.15) is 0 Å². The maximum Gasteiger partial charge on any atom is 0.332 e. The second-order valence-corrected chi connectivity index (χ2v) is 10.0. The summed E-state index contributed by atoms with van der Waals surface area (Å²) >= 11 is 14.2. The molecule has 5 rings (SSSR count). The molecule has 2 unspecified atom stereocenters. The highest BCUT2D eigenvalue weighted by atomic mass is 35.5. The average Bonchev–Trinajstić information content (AvgIpc) is 3.28. The topological polar surface area (TPSA) is 70.0 Å². The molecule has 0 radical (unpaired) electrons. The van der Waals surface area contributed by atoms with E-state index in [1.807, 2.05) is 30.3 Å². The number of aromatic nitrogens is 2. The van der Waals surface area contributed by atoms with Gasteiger partial charge in [0, 0.05) is 33.0 Å². The molecule has 4 aromatic rings. The Hall–Kier alpha value is -2.84. The van der Waals surface area contributed by atoms with Crippen LogP contribution in [0.25, 0.3) is 11.1 Å². The molecule has 0 saturated carbocycles. The van der Waals surface area contributed by atoms with Crippen molar-refractivity contribution in [2.75, 3.05) is 5.75 Å². The van der Waals surface area contributed by atoms with Crippen molar-refractivity contribution in [3.8, 4) is 11.1 Å². The van der Waals surface area contributed by atoms with Crippen LogP contribution in [0.1, 0.15) is 23.2 Å². The summed E-state index contributed by atoms with van der Waals surface area (Å²) in [5, 5.41) is 1.02. The lowest BCUT2D eigenvalue weighted by Gasteiger charge is -2.21. The first-order valence-electron chi connectivity index (χ1n) is 10.9. The molecule has 2 N–H and O–H groups in total. The Morgan fingerprint density at radius 1 is 0.971 bits per heavy atom. The molecule has 0 amide bonds. The van der Waals surface area contributed by atoms with Crippen LogP contribution in [0, 0.1) is 5.82 Å². The number of halogens is 3. The molecule has 0 saturated heterocycles. The largest absolute Gasteiger partial charge is 0.332 e. The second-order valence-electron chi connectivity index (χ2n) is 8.21. The third-order valence-electron chi connectivity index (χ3n) is 6.10. The summed E-state index contributed by atoms with van der Waals surface area (Å²) in [4.78, 5) is 27.5. The summed E-state index contributed by atoms with van der Waals surface area (Å²) in [6.45, 7) is -0.0538. The number of benzene rings is 3. The van der Waals surface area contributed by atoms with Gasteiger partial charge in [0.2, 0.25) is 0 Å². The molecule has 2 heterocycles. The minimum Gasteiger partial charge on any atom is -0.322 e. The van der Waals surface area contributed by atoms with Gasteiger partial charge in [-0.3, -0.25) is 13.9 Å². The monoisotopic (exact) mass is 527 g/mol. The van der Waals surface area contributed by atoms with E-state index >= 15 is 0 Å². The van der Waals surface area contributed by atoms with Crippen LogP contribution in [0.5, 0.6) is 0 Å². The first kappa shape index (κ1) is 23.9. The highest BCUT2D eigenvalue weighted by molar-refractivity contribution is 7.99. The summed E-state index contributed by atoms with van der Waals surface area (Å²) < 4.78 is 17.5. The molecule has 9 heteroatoms. The van der Waals surface area contributed by atoms with Crippen LogP contribution in [0.4, 0.5) is 4.39 Å². The molecule has 0 aliphatic carbocycles. The molecule has 1 aromatic heterocycles. The zero-order valence-corrected chi connectivity index (χ0v) is 20.7. The third-order valence-corrected chi connectivity index (χ3v) is 7.92. The number of thioether (sulfide) groups is 1. The molecule has 1 aliphatic rings. The van der Waals surface area contributed by atoms with E-state index in [0.717, 1.165) is 10.1 Å². The van der Waals surface area contributed by atoms with Crippen molar-refractivity contribution in [2.45, 2.75) is 23.7 Å². The van der Waals surface area contributed by atoms with Crippen molar-refractivity contribution in [3.63, 3.8) is 0 Å². The summed E-state index contributed by atoms with van der Waals surface area (Å²) in [7, 11) is 0. The van der Waals surface area contributed by atoms with Crippen LogP contribution >= 0.6 is 35.0 Å². The van der Waals surface area contributed by atoms with Gasteiger partial charge in [-0.1, -0.05) is 77.8 Å². The van der Waals surface area contributed by atoms with Crippen molar-refractivity contribution < 1.29 is 4.39 Å². The normalized spacial score (nSPS) is 15.7. The van der Waals surface area contributed by atoms with Crippen LogP contribution in [-0.2, 0) is 6.54 Å². The SMILES string of the molecule is NC(Cn1c(=O)c(-c2ccccc2Cl)c2n(c1=O)C(c1c(F)cccc1Cl)CS2)c1ccccc1. The van der Waals surface area contributed by atoms with Gasteiger partial charge in [0.1, 0.15) is 5.82 Å². The molecule has 3 aromatic carbocycles. The number of hydrogen-bond donors (Lipinski definition) is 1. The van der Waals surface area contributed by atoms with Gasteiger partial charge in [0.25, 0.3) is 5.56 Å². The van der Waals surface area contributed by atoms with Crippen molar-refractivity contribution in [1.29, 1.82) is 0 Å². The van der Waals surface area contributed by atoms with Gasteiger partial charge < -0.3 is 5.73 Å². The predicted octanol–water partition coefficient (Wildman–Crippen LogP) is 5.52. The Kier molecular flexibility index (Phi) is 6.59. The smallest absolute Gasteiger partial charge is 0.322 e. The standard InChI is InChI=1S/C26H20Cl2FN3O2S/c27-17-10-5-4-9-16(17)22-24(33)31(13-20(30)15-7-2-1-3-8-15)26(34)32-21(14-35-25(22)32)23-18(28)11-6-12-19(23)29/h1-12,20-21H,13-14,30H2. The highest BCUT2D eigenvalue weighted by Gasteiger charge is 2.35. The predicted molar refractivity (Wildman–Crippen MR) is 139 cm³/mol. The average molecular weight is 528 g/mol. The van der Waals surface area contributed by atoms with Gasteiger partial charge in [0.15, 0.2) is 0 Å². The molecule has 1 aliphatic heterocycles. The van der Waals surface area contributed by atoms with E-state index in [-0.39, 0.29) is 22.7 Å². The van der Waals surface area contributed by atoms with Crippen LogP contribution in [-0.4, -0.2) is 14.9 Å². The first-order valence-corrected chi connectivity index (χ1v) is 12.6. The van der Waals surface area contributed by atoms with Gasteiger partial charge in [-0.05, 0) is 23.8 Å². The zero-order valence-electron chi connectivity index (χ0n) is 18.3. The molecule has 0 bridgehead atoms. The fraction of sp³-hybridized carbons (Fsp3) is 0.154. The molecular formula is C26H20Cl2FN3O2S. The zero-order chi connectivity index (χ0) is 24.7. The summed E-state index contributed by atoms with van der Waals surface area (Å²) in [6.07, 6.45) is 0. The fourth-order valence-electron chi connectivity index (χ4n) is 4.40. The van der Waals surface area contributed by atoms with Crippen LogP contribution < -0.4 is 17.0 Å². The van der Waals surface area contributed by atoms with Crippen molar-refractivity contribution in [3.05, 3.63) is 121 Å². The highest BCUT2D eigenvalue weighted by Crippen LogP contribution is 2.43. The lowest BCUT2D eigenvalue weighted by atomic mass is 10.1. The molecule has 35 heavy (non-hydrogen) atoms. The Labute approximate surface area is 214 Å². The molecule has 5 nitrogen and oxygen atoms in total.